The topological polar surface area (TPSA) is 57.2 Å². The monoisotopic (exact) mass is 813 g/mol. The second-order valence-corrected chi connectivity index (χ2v) is 19.3. The van der Waals surface area contributed by atoms with Crippen molar-refractivity contribution < 1.29 is 13.0 Å². The van der Waals surface area contributed by atoms with Crippen LogP contribution in [0.4, 0.5) is 0 Å². The Labute approximate surface area is 353 Å². The van der Waals surface area contributed by atoms with Gasteiger partial charge in [-0.2, -0.15) is 0 Å². The van der Waals surface area contributed by atoms with Crippen LogP contribution in [0.15, 0.2) is 80.2 Å². The molecule has 0 atom stereocenters. The van der Waals surface area contributed by atoms with Gasteiger partial charge in [0.2, 0.25) is 0 Å². The predicted molar refractivity (Wildman–Crippen MR) is 247 cm³/mol. The minimum atomic E-state index is -4.27. The van der Waals surface area contributed by atoms with E-state index in [1.807, 2.05) is 6.92 Å². The zero-order chi connectivity index (χ0) is 42.0. The first kappa shape index (κ1) is 48.5. The van der Waals surface area contributed by atoms with Gasteiger partial charge in [0.25, 0.3) is 0 Å². The number of aryl methyl sites for hydroxylation is 10. The molecule has 0 aromatic heterocycles. The zero-order valence-corrected chi connectivity index (χ0v) is 39.2. The first-order chi connectivity index (χ1) is 27.4. The standard InChI is InChI=1S/C45H69S.C7H8O3S/c1-10-19-34-28-37(22-13-4)43(38(29-34)23-14-5)46(44-39(24-15-6)30-35(20-11-2)31-40(44)25-16-7)45-41(26-17-8)32-36(21-12-3)33-42(45)27-18-9;1-6-2-4-7(5-3-6)11(8,9)10/h28-33H,10-27H2,1-9H3;2-5H,1H3,(H,8,9,10)/q+1;/p-1. The Hall–Kier alpha value is -2.86. The molecule has 0 radical (unpaired) electrons. The van der Waals surface area contributed by atoms with Crippen molar-refractivity contribution in [3.63, 3.8) is 0 Å². The summed E-state index contributed by atoms with van der Waals surface area (Å²) < 4.78 is 31.2. The lowest BCUT2D eigenvalue weighted by atomic mass is 9.97. The van der Waals surface area contributed by atoms with Crippen molar-refractivity contribution in [1.82, 2.24) is 0 Å². The molecule has 0 saturated heterocycles. The highest BCUT2D eigenvalue weighted by Gasteiger charge is 2.41. The summed E-state index contributed by atoms with van der Waals surface area (Å²) in [6, 6.07) is 21.7. The minimum absolute atomic E-state index is 0.129. The number of benzene rings is 4. The Morgan fingerprint density at radius 2 is 0.632 bits per heavy atom. The van der Waals surface area contributed by atoms with Gasteiger partial charge in [0.1, 0.15) is 21.0 Å². The first-order valence-corrected chi connectivity index (χ1v) is 25.3. The second kappa shape index (κ2) is 24.9. The molecule has 0 unspecified atom stereocenters. The van der Waals surface area contributed by atoms with E-state index in [9.17, 15) is 13.0 Å². The summed E-state index contributed by atoms with van der Waals surface area (Å²) in [4.78, 5) is 4.95. The molecular formula is C52H76O3S2. The lowest BCUT2D eigenvalue weighted by Crippen LogP contribution is -2.20. The fraction of sp³-hybridized carbons (Fsp3) is 0.538. The maximum Gasteiger partial charge on any atom is 0.172 e. The van der Waals surface area contributed by atoms with Gasteiger partial charge in [0.05, 0.1) is 4.90 Å². The molecule has 3 nitrogen and oxygen atoms in total. The van der Waals surface area contributed by atoms with Gasteiger partial charge in [0, 0.05) is 33.4 Å². The van der Waals surface area contributed by atoms with Gasteiger partial charge in [-0.25, -0.2) is 8.42 Å². The third-order valence-corrected chi connectivity index (χ3v) is 14.2. The van der Waals surface area contributed by atoms with E-state index in [2.05, 4.69) is 98.7 Å². The fourth-order valence-electron chi connectivity index (χ4n) is 8.31. The van der Waals surface area contributed by atoms with E-state index in [1.165, 1.54) is 128 Å². The SMILES string of the molecule is CCCc1cc(CCC)c([S+](c2c(CCC)cc(CCC)cc2CCC)c2c(CCC)cc(CCC)cc2CCC)c(CCC)c1.Cc1ccc(S(=O)(=O)[O-])cc1. The van der Waals surface area contributed by atoms with Gasteiger partial charge in [-0.3, -0.25) is 0 Å². The maximum atomic E-state index is 10.4. The minimum Gasteiger partial charge on any atom is -0.744 e. The molecule has 0 aliphatic heterocycles. The average Bonchev–Trinajstić information content (AvgIpc) is 3.15. The highest BCUT2D eigenvalue weighted by molar-refractivity contribution is 7.97. The molecule has 0 heterocycles. The summed E-state index contributed by atoms with van der Waals surface area (Å²) in [6.07, 6.45) is 21.4. The molecule has 0 spiro atoms. The Morgan fingerprint density at radius 3 is 0.825 bits per heavy atom. The van der Waals surface area contributed by atoms with Crippen molar-refractivity contribution in [3.8, 4) is 0 Å². The summed E-state index contributed by atoms with van der Waals surface area (Å²) >= 11 is 0. The van der Waals surface area contributed by atoms with Crippen LogP contribution in [0.3, 0.4) is 0 Å². The molecular weight excluding hydrogens is 737 g/mol. The highest BCUT2D eigenvalue weighted by atomic mass is 32.2. The normalized spacial score (nSPS) is 11.6. The number of hydrogen-bond donors (Lipinski definition) is 0. The quantitative estimate of drug-likeness (QED) is 0.0587. The van der Waals surface area contributed by atoms with E-state index in [-0.39, 0.29) is 15.8 Å². The third-order valence-electron chi connectivity index (χ3n) is 10.6. The molecule has 0 bridgehead atoms. The fourth-order valence-corrected chi connectivity index (χ4v) is 11.9. The van der Waals surface area contributed by atoms with Crippen LogP contribution in [0.1, 0.15) is 176 Å². The maximum absolute atomic E-state index is 10.4. The molecule has 0 aliphatic carbocycles. The molecule has 0 aliphatic rings. The summed E-state index contributed by atoms with van der Waals surface area (Å²) in [6.45, 7) is 23.2. The van der Waals surface area contributed by atoms with Crippen LogP contribution in [0.2, 0.25) is 0 Å². The summed E-state index contributed by atoms with van der Waals surface area (Å²) in [5, 5.41) is 0. The Bertz CT molecular complexity index is 1680. The van der Waals surface area contributed by atoms with Gasteiger partial charge < -0.3 is 4.55 Å². The van der Waals surface area contributed by atoms with E-state index in [1.54, 1.807) is 76.9 Å². The molecule has 0 fully saturated rings. The second-order valence-electron chi connectivity index (χ2n) is 16.1. The molecule has 4 rings (SSSR count). The molecule has 0 N–H and O–H groups in total. The van der Waals surface area contributed by atoms with Crippen molar-refractivity contribution in [2.75, 3.05) is 0 Å². The van der Waals surface area contributed by atoms with Crippen LogP contribution < -0.4 is 0 Å². The van der Waals surface area contributed by atoms with Gasteiger partial charge in [-0.05, 0) is 93.5 Å². The van der Waals surface area contributed by atoms with E-state index in [4.69, 9.17) is 0 Å². The molecule has 0 saturated carbocycles. The van der Waals surface area contributed by atoms with Crippen LogP contribution in [0.5, 0.6) is 0 Å². The Kier molecular flexibility index (Phi) is 21.2. The summed E-state index contributed by atoms with van der Waals surface area (Å²) in [5.41, 5.74) is 15.5. The van der Waals surface area contributed by atoms with Crippen LogP contribution in [-0.2, 0) is 78.8 Å². The van der Waals surface area contributed by atoms with Crippen molar-refractivity contribution in [3.05, 3.63) is 116 Å². The van der Waals surface area contributed by atoms with E-state index in [0.29, 0.717) is 0 Å². The van der Waals surface area contributed by atoms with Gasteiger partial charge in [-0.1, -0.05) is 174 Å². The van der Waals surface area contributed by atoms with Crippen LogP contribution >= 0.6 is 0 Å². The van der Waals surface area contributed by atoms with Gasteiger partial charge in [0.15, 0.2) is 14.7 Å². The van der Waals surface area contributed by atoms with Crippen molar-refractivity contribution >= 4 is 21.0 Å². The van der Waals surface area contributed by atoms with E-state index < -0.39 is 10.1 Å². The van der Waals surface area contributed by atoms with Crippen LogP contribution in [-0.4, -0.2) is 13.0 Å². The Morgan fingerprint density at radius 1 is 0.404 bits per heavy atom. The number of hydrogen-bond acceptors (Lipinski definition) is 3. The molecule has 0 amide bonds. The van der Waals surface area contributed by atoms with Crippen molar-refractivity contribution in [1.29, 1.82) is 0 Å². The molecule has 4 aromatic carbocycles. The zero-order valence-electron chi connectivity index (χ0n) is 37.5. The smallest absolute Gasteiger partial charge is 0.172 e. The van der Waals surface area contributed by atoms with Gasteiger partial charge >= 0.3 is 0 Å². The van der Waals surface area contributed by atoms with Crippen molar-refractivity contribution in [2.45, 2.75) is 204 Å². The first-order valence-electron chi connectivity index (χ1n) is 22.6. The molecule has 5 heteroatoms. The van der Waals surface area contributed by atoms with E-state index >= 15 is 0 Å². The predicted octanol–water partition coefficient (Wildman–Crippen LogP) is 14.3. The molecule has 314 valence electrons. The third kappa shape index (κ3) is 13.9. The largest absolute Gasteiger partial charge is 0.744 e. The molecule has 4 aromatic rings. The lowest BCUT2D eigenvalue weighted by Gasteiger charge is -2.25. The van der Waals surface area contributed by atoms with Crippen molar-refractivity contribution in [2.24, 2.45) is 0 Å². The van der Waals surface area contributed by atoms with E-state index in [0.717, 1.165) is 5.56 Å². The highest BCUT2D eigenvalue weighted by Crippen LogP contribution is 2.45. The number of rotatable bonds is 22. The molecule has 57 heavy (non-hydrogen) atoms. The van der Waals surface area contributed by atoms with Crippen LogP contribution in [0, 0.1) is 6.92 Å². The Balaban J connectivity index is 0.000000679. The summed E-state index contributed by atoms with van der Waals surface area (Å²) in [5.74, 6) is 0. The van der Waals surface area contributed by atoms with Crippen LogP contribution in [0.25, 0.3) is 0 Å². The van der Waals surface area contributed by atoms with Gasteiger partial charge in [-0.15, -0.1) is 0 Å². The summed E-state index contributed by atoms with van der Waals surface area (Å²) in [7, 11) is -4.40. The lowest BCUT2D eigenvalue weighted by molar-refractivity contribution is 0.463. The average molecular weight is 813 g/mol.